The van der Waals surface area contributed by atoms with E-state index in [-0.39, 0.29) is 30.1 Å². The predicted molar refractivity (Wildman–Crippen MR) is 110 cm³/mol. The van der Waals surface area contributed by atoms with Crippen LogP contribution in [0.2, 0.25) is 0 Å². The fourth-order valence-electron chi connectivity index (χ4n) is 2.29. The molecule has 25 heavy (non-hydrogen) atoms. The van der Waals surface area contributed by atoms with Gasteiger partial charge < -0.3 is 19.8 Å². The Morgan fingerprint density at radius 2 is 1.96 bits per heavy atom. The second kappa shape index (κ2) is 11.1. The minimum atomic E-state index is -0.0405. The average Bonchev–Trinajstić information content (AvgIpc) is 2.92. The summed E-state index contributed by atoms with van der Waals surface area (Å²) in [7, 11) is 1.71. The van der Waals surface area contributed by atoms with E-state index in [4.69, 9.17) is 9.15 Å². The first-order valence-corrected chi connectivity index (χ1v) is 8.16. The number of halogens is 1. The third-order valence-electron chi connectivity index (χ3n) is 3.70. The van der Waals surface area contributed by atoms with E-state index >= 15 is 0 Å². The topological polar surface area (TPSA) is 71.7 Å². The van der Waals surface area contributed by atoms with Crippen LogP contribution in [0.15, 0.2) is 39.7 Å². The van der Waals surface area contributed by atoms with Gasteiger partial charge in [0, 0.05) is 20.2 Å². The molecule has 0 aliphatic heterocycles. The van der Waals surface area contributed by atoms with Crippen molar-refractivity contribution in [2.45, 2.75) is 33.4 Å². The summed E-state index contributed by atoms with van der Waals surface area (Å²) in [4.78, 5) is 8.87. The maximum absolute atomic E-state index is 5.57. The second-order valence-electron chi connectivity index (χ2n) is 5.46. The van der Waals surface area contributed by atoms with Crippen molar-refractivity contribution in [3.8, 4) is 0 Å². The summed E-state index contributed by atoms with van der Waals surface area (Å²) in [5.74, 6) is 2.17. The zero-order valence-electron chi connectivity index (χ0n) is 15.2. The molecule has 2 aromatic rings. The lowest BCUT2D eigenvalue weighted by Crippen LogP contribution is -2.39. The Hall–Kier alpha value is -1.61. The summed E-state index contributed by atoms with van der Waals surface area (Å²) in [5, 5.41) is 6.53. The largest absolute Gasteiger partial charge is 0.444 e. The molecular formula is C18H27IN4O2. The van der Waals surface area contributed by atoms with Crippen LogP contribution in [0.3, 0.4) is 0 Å². The normalized spacial score (nSPS) is 12.4. The lowest BCUT2D eigenvalue weighted by molar-refractivity contribution is 0.106. The van der Waals surface area contributed by atoms with E-state index in [0.29, 0.717) is 24.9 Å². The Morgan fingerprint density at radius 1 is 1.24 bits per heavy atom. The summed E-state index contributed by atoms with van der Waals surface area (Å²) in [6.07, 6.45) is -0.0405. The summed E-state index contributed by atoms with van der Waals surface area (Å²) in [6.45, 7) is 7.66. The van der Waals surface area contributed by atoms with E-state index in [1.54, 1.807) is 7.11 Å². The van der Waals surface area contributed by atoms with E-state index in [0.717, 1.165) is 23.6 Å². The van der Waals surface area contributed by atoms with Crippen molar-refractivity contribution in [2.24, 2.45) is 4.99 Å². The van der Waals surface area contributed by atoms with Gasteiger partial charge in [0.2, 0.25) is 5.89 Å². The van der Waals surface area contributed by atoms with E-state index < -0.39 is 0 Å². The van der Waals surface area contributed by atoms with Gasteiger partial charge in [0.1, 0.15) is 12.3 Å². The van der Waals surface area contributed by atoms with Gasteiger partial charge in [-0.2, -0.15) is 0 Å². The number of oxazole rings is 1. The Labute approximate surface area is 166 Å². The molecule has 0 aliphatic carbocycles. The van der Waals surface area contributed by atoms with E-state index in [1.165, 1.54) is 0 Å². The molecule has 0 saturated carbocycles. The first-order valence-electron chi connectivity index (χ1n) is 8.16. The molecule has 7 heteroatoms. The molecule has 6 nitrogen and oxygen atoms in total. The van der Waals surface area contributed by atoms with Crippen LogP contribution in [0.1, 0.15) is 35.9 Å². The molecule has 2 N–H and O–H groups in total. The first-order chi connectivity index (χ1) is 11.6. The minimum Gasteiger partial charge on any atom is -0.444 e. The molecule has 1 aromatic carbocycles. The number of aliphatic imine (C=N–C) groups is 1. The summed E-state index contributed by atoms with van der Waals surface area (Å²) in [6, 6.07) is 10.1. The number of benzene rings is 1. The van der Waals surface area contributed by atoms with Crippen LogP contribution in [-0.4, -0.2) is 31.1 Å². The minimum absolute atomic E-state index is 0. The van der Waals surface area contributed by atoms with Gasteiger partial charge >= 0.3 is 0 Å². The molecular weight excluding hydrogens is 431 g/mol. The lowest BCUT2D eigenvalue weighted by atomic mass is 10.1. The number of aryl methyl sites for hydroxylation is 2. The lowest BCUT2D eigenvalue weighted by Gasteiger charge is -2.18. The van der Waals surface area contributed by atoms with Crippen LogP contribution < -0.4 is 10.6 Å². The van der Waals surface area contributed by atoms with Gasteiger partial charge in [0.15, 0.2) is 5.96 Å². The average molecular weight is 458 g/mol. The third kappa shape index (κ3) is 6.66. The number of nitrogens with one attached hydrogen (secondary N) is 2. The highest BCUT2D eigenvalue weighted by Crippen LogP contribution is 2.14. The van der Waals surface area contributed by atoms with Gasteiger partial charge in [-0.1, -0.05) is 30.3 Å². The molecule has 1 unspecified atom stereocenters. The van der Waals surface area contributed by atoms with Crippen LogP contribution in [0.25, 0.3) is 0 Å². The second-order valence-corrected chi connectivity index (χ2v) is 5.46. The van der Waals surface area contributed by atoms with Crippen molar-refractivity contribution < 1.29 is 9.15 Å². The summed E-state index contributed by atoms with van der Waals surface area (Å²) in [5.41, 5.74) is 2.03. The van der Waals surface area contributed by atoms with Gasteiger partial charge in [0.25, 0.3) is 0 Å². The summed E-state index contributed by atoms with van der Waals surface area (Å²) >= 11 is 0. The quantitative estimate of drug-likeness (QED) is 0.378. The number of hydrogen-bond acceptors (Lipinski definition) is 4. The highest BCUT2D eigenvalue weighted by atomic mass is 127. The number of nitrogens with zero attached hydrogens (tertiary/aromatic N) is 2. The van der Waals surface area contributed by atoms with Crippen LogP contribution in [0, 0.1) is 13.8 Å². The first kappa shape index (κ1) is 21.4. The number of hydrogen-bond donors (Lipinski definition) is 2. The van der Waals surface area contributed by atoms with Crippen LogP contribution in [0.4, 0.5) is 0 Å². The van der Waals surface area contributed by atoms with Crippen molar-refractivity contribution in [3.63, 3.8) is 0 Å². The molecule has 1 aromatic heterocycles. The fraction of sp³-hybridized carbons (Fsp3) is 0.444. The molecule has 1 heterocycles. The number of aromatic nitrogens is 1. The van der Waals surface area contributed by atoms with Gasteiger partial charge in [-0.15, -0.1) is 24.0 Å². The summed E-state index contributed by atoms with van der Waals surface area (Å²) < 4.78 is 11.1. The highest BCUT2D eigenvalue weighted by Gasteiger charge is 2.11. The SMILES string of the molecule is CCNC(=NCc1nc(C)c(C)o1)NCC(OC)c1ccccc1.I. The van der Waals surface area contributed by atoms with Crippen molar-refractivity contribution in [2.75, 3.05) is 20.2 Å². The third-order valence-corrected chi connectivity index (χ3v) is 3.70. The van der Waals surface area contributed by atoms with Crippen LogP contribution >= 0.6 is 24.0 Å². The number of rotatable bonds is 7. The number of ether oxygens (including phenoxy) is 1. The number of methoxy groups -OCH3 is 1. The van der Waals surface area contributed by atoms with Crippen molar-refractivity contribution >= 4 is 29.9 Å². The van der Waals surface area contributed by atoms with E-state index in [2.05, 4.69) is 32.7 Å². The molecule has 0 amide bonds. The molecule has 1 atom stereocenters. The zero-order valence-corrected chi connectivity index (χ0v) is 17.5. The Balaban J connectivity index is 0.00000312. The smallest absolute Gasteiger partial charge is 0.216 e. The van der Waals surface area contributed by atoms with E-state index in [9.17, 15) is 0 Å². The molecule has 138 valence electrons. The van der Waals surface area contributed by atoms with Crippen LogP contribution in [-0.2, 0) is 11.3 Å². The molecule has 0 spiro atoms. The van der Waals surface area contributed by atoms with Crippen LogP contribution in [0.5, 0.6) is 0 Å². The van der Waals surface area contributed by atoms with Gasteiger partial charge in [-0.05, 0) is 26.3 Å². The fourth-order valence-corrected chi connectivity index (χ4v) is 2.29. The van der Waals surface area contributed by atoms with Crippen molar-refractivity contribution in [1.29, 1.82) is 0 Å². The van der Waals surface area contributed by atoms with Gasteiger partial charge in [-0.25, -0.2) is 9.98 Å². The molecule has 0 aliphatic rings. The monoisotopic (exact) mass is 458 g/mol. The van der Waals surface area contributed by atoms with Gasteiger partial charge in [-0.3, -0.25) is 0 Å². The molecule has 0 saturated heterocycles. The zero-order chi connectivity index (χ0) is 17.4. The maximum Gasteiger partial charge on any atom is 0.216 e. The predicted octanol–water partition coefficient (Wildman–Crippen LogP) is 3.35. The van der Waals surface area contributed by atoms with Crippen molar-refractivity contribution in [3.05, 3.63) is 53.2 Å². The molecule has 0 radical (unpaired) electrons. The highest BCUT2D eigenvalue weighted by molar-refractivity contribution is 14.0. The van der Waals surface area contributed by atoms with Crippen molar-refractivity contribution in [1.82, 2.24) is 15.6 Å². The number of guanidine groups is 1. The van der Waals surface area contributed by atoms with E-state index in [1.807, 2.05) is 39.0 Å². The molecule has 0 fully saturated rings. The Bertz CT molecular complexity index is 639. The maximum atomic E-state index is 5.57. The Morgan fingerprint density at radius 3 is 2.52 bits per heavy atom. The Kier molecular flexibility index (Phi) is 9.51. The van der Waals surface area contributed by atoms with Gasteiger partial charge in [0.05, 0.1) is 11.8 Å². The standard InChI is InChI=1S/C18H26N4O2.HI/c1-5-19-18(21-12-17-22-13(2)14(3)24-17)20-11-16(23-4)15-9-7-6-8-10-15;/h6-10,16H,5,11-12H2,1-4H3,(H2,19,20,21);1H. The molecule has 0 bridgehead atoms. The molecule has 2 rings (SSSR count).